The Hall–Kier alpha value is -0.670. The minimum absolute atomic E-state index is 0.433. The minimum Gasteiger partial charge on any atom is -0.493 e. The molecule has 0 bridgehead atoms. The maximum atomic E-state index is 5.52. The Morgan fingerprint density at radius 1 is 1.47 bits per heavy atom. The largest absolute Gasteiger partial charge is 0.493 e. The molecule has 1 atom stereocenters. The van der Waals surface area contributed by atoms with E-state index in [1.54, 1.807) is 0 Å². The first-order valence-corrected chi connectivity index (χ1v) is 7.68. The molecule has 0 amide bonds. The molecule has 0 radical (unpaired) electrons. The standard InChI is InChI=1S/C14H21NOS/c1-11(15-7-3-9-17-2)12-4-5-14-13(10-12)6-8-16-14/h4-5,10-11,15H,3,6-9H2,1-2H3. The lowest BCUT2D eigenvalue weighted by molar-refractivity contribution is 0.356. The van der Waals surface area contributed by atoms with Crippen molar-refractivity contribution >= 4 is 11.8 Å². The Bertz CT molecular complexity index is 367. The maximum Gasteiger partial charge on any atom is 0.122 e. The summed E-state index contributed by atoms with van der Waals surface area (Å²) < 4.78 is 5.52. The van der Waals surface area contributed by atoms with Crippen LogP contribution in [0.4, 0.5) is 0 Å². The smallest absolute Gasteiger partial charge is 0.122 e. The van der Waals surface area contributed by atoms with Gasteiger partial charge < -0.3 is 10.1 Å². The van der Waals surface area contributed by atoms with Gasteiger partial charge in [-0.05, 0) is 49.1 Å². The van der Waals surface area contributed by atoms with Crippen LogP contribution < -0.4 is 10.1 Å². The Balaban J connectivity index is 1.88. The van der Waals surface area contributed by atoms with Crippen molar-refractivity contribution in [3.63, 3.8) is 0 Å². The van der Waals surface area contributed by atoms with Crippen molar-refractivity contribution in [2.45, 2.75) is 25.8 Å². The van der Waals surface area contributed by atoms with Crippen LogP contribution in [0.15, 0.2) is 18.2 Å². The Morgan fingerprint density at radius 3 is 3.18 bits per heavy atom. The summed E-state index contributed by atoms with van der Waals surface area (Å²) in [5.74, 6) is 2.31. The van der Waals surface area contributed by atoms with E-state index in [1.807, 2.05) is 11.8 Å². The molecule has 0 aromatic heterocycles. The summed E-state index contributed by atoms with van der Waals surface area (Å²) in [6.45, 7) is 4.17. The third-order valence-electron chi connectivity index (χ3n) is 3.19. The third kappa shape index (κ3) is 3.39. The molecule has 3 heteroatoms. The van der Waals surface area contributed by atoms with Crippen molar-refractivity contribution < 1.29 is 4.74 Å². The average molecular weight is 251 g/mol. The minimum atomic E-state index is 0.433. The van der Waals surface area contributed by atoms with E-state index in [9.17, 15) is 0 Å². The predicted octanol–water partition coefficient (Wildman–Crippen LogP) is 3.03. The van der Waals surface area contributed by atoms with E-state index in [2.05, 4.69) is 36.7 Å². The molecule has 1 aromatic carbocycles. The molecule has 17 heavy (non-hydrogen) atoms. The lowest BCUT2D eigenvalue weighted by Gasteiger charge is -2.15. The number of ether oxygens (including phenoxy) is 1. The fourth-order valence-electron chi connectivity index (χ4n) is 2.13. The molecule has 0 aliphatic carbocycles. The van der Waals surface area contributed by atoms with Crippen LogP contribution in [0.25, 0.3) is 0 Å². The van der Waals surface area contributed by atoms with Gasteiger partial charge in [0.1, 0.15) is 5.75 Å². The van der Waals surface area contributed by atoms with Crippen LogP contribution in [-0.4, -0.2) is 25.2 Å². The van der Waals surface area contributed by atoms with Crippen LogP contribution in [-0.2, 0) is 6.42 Å². The van der Waals surface area contributed by atoms with Gasteiger partial charge in [-0.25, -0.2) is 0 Å². The molecule has 2 rings (SSSR count). The second-order valence-corrected chi connectivity index (χ2v) is 5.47. The molecule has 0 saturated carbocycles. The van der Waals surface area contributed by atoms with Crippen molar-refractivity contribution in [2.24, 2.45) is 0 Å². The number of nitrogens with one attached hydrogen (secondary N) is 1. The first-order chi connectivity index (χ1) is 8.31. The first-order valence-electron chi connectivity index (χ1n) is 6.29. The predicted molar refractivity (Wildman–Crippen MR) is 75.1 cm³/mol. The van der Waals surface area contributed by atoms with Crippen molar-refractivity contribution in [1.82, 2.24) is 5.32 Å². The van der Waals surface area contributed by atoms with Gasteiger partial charge in [0.2, 0.25) is 0 Å². The van der Waals surface area contributed by atoms with Crippen LogP contribution in [0.5, 0.6) is 5.75 Å². The van der Waals surface area contributed by atoms with E-state index < -0.39 is 0 Å². The third-order valence-corrected chi connectivity index (χ3v) is 3.89. The SMILES string of the molecule is CSCCCNC(C)c1ccc2c(c1)CCO2. The fourth-order valence-corrected chi connectivity index (χ4v) is 2.56. The molecule has 0 saturated heterocycles. The number of hydrogen-bond acceptors (Lipinski definition) is 3. The summed E-state index contributed by atoms with van der Waals surface area (Å²) in [6.07, 6.45) is 4.45. The van der Waals surface area contributed by atoms with Gasteiger partial charge >= 0.3 is 0 Å². The topological polar surface area (TPSA) is 21.3 Å². The second kappa shape index (κ2) is 6.31. The van der Waals surface area contributed by atoms with Crippen molar-refractivity contribution in [3.8, 4) is 5.75 Å². The summed E-state index contributed by atoms with van der Waals surface area (Å²) in [7, 11) is 0. The molecular weight excluding hydrogens is 230 g/mol. The highest BCUT2D eigenvalue weighted by Crippen LogP contribution is 2.27. The Kier molecular flexibility index (Phi) is 4.75. The van der Waals surface area contributed by atoms with Gasteiger partial charge in [-0.3, -0.25) is 0 Å². The van der Waals surface area contributed by atoms with Gasteiger partial charge in [0.25, 0.3) is 0 Å². The second-order valence-electron chi connectivity index (χ2n) is 4.49. The lowest BCUT2D eigenvalue weighted by Crippen LogP contribution is -2.20. The molecule has 1 heterocycles. The summed E-state index contributed by atoms with van der Waals surface area (Å²) in [4.78, 5) is 0. The van der Waals surface area contributed by atoms with Gasteiger partial charge in [-0.1, -0.05) is 12.1 Å². The molecular formula is C14H21NOS. The highest BCUT2D eigenvalue weighted by atomic mass is 32.2. The summed E-state index contributed by atoms with van der Waals surface area (Å²) >= 11 is 1.91. The molecule has 94 valence electrons. The van der Waals surface area contributed by atoms with Crippen molar-refractivity contribution in [3.05, 3.63) is 29.3 Å². The molecule has 0 fully saturated rings. The van der Waals surface area contributed by atoms with Gasteiger partial charge in [0.05, 0.1) is 6.61 Å². The van der Waals surface area contributed by atoms with Crippen molar-refractivity contribution in [1.29, 1.82) is 0 Å². The molecule has 1 N–H and O–H groups in total. The molecule has 2 nitrogen and oxygen atoms in total. The zero-order chi connectivity index (χ0) is 12.1. The van der Waals surface area contributed by atoms with E-state index >= 15 is 0 Å². The summed E-state index contributed by atoms with van der Waals surface area (Å²) in [6, 6.07) is 7.01. The van der Waals surface area contributed by atoms with Gasteiger partial charge in [-0.2, -0.15) is 11.8 Å². The van der Waals surface area contributed by atoms with Gasteiger partial charge in [0.15, 0.2) is 0 Å². The Morgan fingerprint density at radius 2 is 2.35 bits per heavy atom. The molecule has 1 unspecified atom stereocenters. The highest BCUT2D eigenvalue weighted by molar-refractivity contribution is 7.98. The number of fused-ring (bicyclic) bond motifs is 1. The van der Waals surface area contributed by atoms with E-state index in [0.717, 1.165) is 25.3 Å². The fraction of sp³-hybridized carbons (Fsp3) is 0.571. The van der Waals surface area contributed by atoms with Gasteiger partial charge in [-0.15, -0.1) is 0 Å². The summed E-state index contributed by atoms with van der Waals surface area (Å²) in [5, 5.41) is 3.57. The van der Waals surface area contributed by atoms with E-state index in [0.29, 0.717) is 6.04 Å². The van der Waals surface area contributed by atoms with Crippen LogP contribution >= 0.6 is 11.8 Å². The average Bonchev–Trinajstić information content (AvgIpc) is 2.81. The van der Waals surface area contributed by atoms with Crippen LogP contribution in [0.2, 0.25) is 0 Å². The van der Waals surface area contributed by atoms with Crippen molar-refractivity contribution in [2.75, 3.05) is 25.2 Å². The lowest BCUT2D eigenvalue weighted by atomic mass is 10.0. The quantitative estimate of drug-likeness (QED) is 0.785. The summed E-state index contributed by atoms with van der Waals surface area (Å²) in [5.41, 5.74) is 2.73. The van der Waals surface area contributed by atoms with Crippen LogP contribution in [0, 0.1) is 0 Å². The van der Waals surface area contributed by atoms with Crippen LogP contribution in [0.3, 0.4) is 0 Å². The van der Waals surface area contributed by atoms with Gasteiger partial charge in [0, 0.05) is 12.5 Å². The maximum absolute atomic E-state index is 5.52. The van der Waals surface area contributed by atoms with E-state index in [4.69, 9.17) is 4.74 Å². The number of thioether (sulfide) groups is 1. The zero-order valence-electron chi connectivity index (χ0n) is 10.7. The van der Waals surface area contributed by atoms with Crippen LogP contribution in [0.1, 0.15) is 30.5 Å². The molecule has 1 aliphatic rings. The monoisotopic (exact) mass is 251 g/mol. The van der Waals surface area contributed by atoms with E-state index in [-0.39, 0.29) is 0 Å². The first kappa shape index (κ1) is 12.8. The molecule has 1 aliphatic heterocycles. The number of rotatable bonds is 6. The molecule has 1 aromatic rings. The number of hydrogen-bond donors (Lipinski definition) is 1. The molecule has 0 spiro atoms. The highest BCUT2D eigenvalue weighted by Gasteiger charge is 2.14. The number of benzene rings is 1. The van der Waals surface area contributed by atoms with E-state index in [1.165, 1.54) is 23.3 Å². The zero-order valence-corrected chi connectivity index (χ0v) is 11.5. The normalized spacial score (nSPS) is 15.4. The Labute approximate surface area is 108 Å².